The molecule has 92 valence electrons. The molecule has 3 nitrogen and oxygen atoms in total. The van der Waals surface area contributed by atoms with Crippen molar-refractivity contribution in [1.29, 1.82) is 0 Å². The number of pyridine rings is 2. The average molecular weight is 248 g/mol. The summed E-state index contributed by atoms with van der Waals surface area (Å²) in [6.45, 7) is 1.87. The van der Waals surface area contributed by atoms with Crippen LogP contribution >= 0.6 is 0 Å². The van der Waals surface area contributed by atoms with Gasteiger partial charge in [-0.1, -0.05) is 18.2 Å². The van der Waals surface area contributed by atoms with Gasteiger partial charge in [0.2, 0.25) is 0 Å². The minimum atomic E-state index is -0.00180. The molecule has 2 aromatic heterocycles. The van der Waals surface area contributed by atoms with Crippen molar-refractivity contribution in [2.24, 2.45) is 0 Å². The summed E-state index contributed by atoms with van der Waals surface area (Å²) in [6.07, 6.45) is 3.38. The molecule has 0 spiro atoms. The molecule has 2 heterocycles. The molecule has 3 aromatic rings. The summed E-state index contributed by atoms with van der Waals surface area (Å²) in [4.78, 5) is 20.8. The number of rotatable bonds is 2. The van der Waals surface area contributed by atoms with Gasteiger partial charge in [-0.25, -0.2) is 0 Å². The number of carbonyl (C=O) groups excluding carboxylic acids is 1. The number of aryl methyl sites for hydroxylation is 1. The summed E-state index contributed by atoms with van der Waals surface area (Å²) >= 11 is 0. The normalized spacial score (nSPS) is 10.6. The summed E-state index contributed by atoms with van der Waals surface area (Å²) in [5.74, 6) is -0.00180. The molecular formula is C16H12N2O. The Balaban J connectivity index is 2.06. The van der Waals surface area contributed by atoms with Crippen LogP contribution < -0.4 is 0 Å². The predicted octanol–water partition coefficient (Wildman–Crippen LogP) is 3.17. The van der Waals surface area contributed by atoms with Crippen LogP contribution in [0.4, 0.5) is 0 Å². The number of carbonyl (C=O) groups is 1. The maximum Gasteiger partial charge on any atom is 0.193 e. The zero-order valence-electron chi connectivity index (χ0n) is 10.5. The number of ketones is 1. The molecule has 0 amide bonds. The van der Waals surface area contributed by atoms with Crippen LogP contribution in [0, 0.1) is 6.92 Å². The topological polar surface area (TPSA) is 42.9 Å². The van der Waals surface area contributed by atoms with E-state index in [1.807, 2.05) is 37.3 Å². The SMILES string of the molecule is Cc1cc(C(=O)c2ccc3cccnc3c2)ccn1. The molecule has 0 fully saturated rings. The molecule has 19 heavy (non-hydrogen) atoms. The summed E-state index contributed by atoms with van der Waals surface area (Å²) in [5.41, 5.74) is 2.98. The Morgan fingerprint density at radius 1 is 0.947 bits per heavy atom. The van der Waals surface area contributed by atoms with Crippen molar-refractivity contribution in [3.8, 4) is 0 Å². The van der Waals surface area contributed by atoms with Gasteiger partial charge >= 0.3 is 0 Å². The largest absolute Gasteiger partial charge is 0.289 e. The Bertz CT molecular complexity index is 765. The molecule has 0 atom stereocenters. The molecule has 0 aliphatic carbocycles. The van der Waals surface area contributed by atoms with E-state index in [0.29, 0.717) is 11.1 Å². The number of fused-ring (bicyclic) bond motifs is 1. The highest BCUT2D eigenvalue weighted by Crippen LogP contribution is 2.16. The molecular weight excluding hydrogens is 236 g/mol. The fraction of sp³-hybridized carbons (Fsp3) is 0.0625. The van der Waals surface area contributed by atoms with E-state index in [1.54, 1.807) is 24.5 Å². The van der Waals surface area contributed by atoms with Gasteiger partial charge in [0, 0.05) is 34.6 Å². The van der Waals surface area contributed by atoms with Gasteiger partial charge in [0.05, 0.1) is 5.52 Å². The molecule has 3 heteroatoms. The Labute approximate surface area is 111 Å². The standard InChI is InChI=1S/C16H12N2O/c1-11-9-14(6-8-17-11)16(19)13-5-4-12-3-2-7-18-15(12)10-13/h2-10H,1H3. The van der Waals surface area contributed by atoms with Crippen molar-refractivity contribution >= 4 is 16.7 Å². The van der Waals surface area contributed by atoms with Crippen LogP contribution in [-0.4, -0.2) is 15.8 Å². The second kappa shape index (κ2) is 4.61. The Kier molecular flexibility index (Phi) is 2.80. The summed E-state index contributed by atoms with van der Waals surface area (Å²) in [6, 6.07) is 13.0. The van der Waals surface area contributed by atoms with E-state index in [4.69, 9.17) is 0 Å². The van der Waals surface area contributed by atoms with Crippen molar-refractivity contribution in [1.82, 2.24) is 9.97 Å². The smallest absolute Gasteiger partial charge is 0.193 e. The molecule has 0 saturated carbocycles. The number of hydrogen-bond acceptors (Lipinski definition) is 3. The van der Waals surface area contributed by atoms with Gasteiger partial charge in [-0.15, -0.1) is 0 Å². The van der Waals surface area contributed by atoms with E-state index in [9.17, 15) is 4.79 Å². The Morgan fingerprint density at radius 3 is 2.63 bits per heavy atom. The summed E-state index contributed by atoms with van der Waals surface area (Å²) in [7, 11) is 0. The minimum Gasteiger partial charge on any atom is -0.289 e. The lowest BCUT2D eigenvalue weighted by Gasteiger charge is -2.03. The van der Waals surface area contributed by atoms with Gasteiger partial charge in [-0.2, -0.15) is 0 Å². The van der Waals surface area contributed by atoms with Gasteiger partial charge in [-0.3, -0.25) is 14.8 Å². The first kappa shape index (κ1) is 11.5. The van der Waals surface area contributed by atoms with Crippen LogP contribution in [0.2, 0.25) is 0 Å². The molecule has 0 aliphatic heterocycles. The Morgan fingerprint density at radius 2 is 1.79 bits per heavy atom. The molecule has 0 N–H and O–H groups in total. The summed E-state index contributed by atoms with van der Waals surface area (Å²) in [5, 5.41) is 1.03. The van der Waals surface area contributed by atoms with Gasteiger partial charge in [0.15, 0.2) is 5.78 Å². The van der Waals surface area contributed by atoms with Crippen LogP contribution in [0.3, 0.4) is 0 Å². The number of aromatic nitrogens is 2. The zero-order chi connectivity index (χ0) is 13.2. The molecule has 0 bridgehead atoms. The fourth-order valence-electron chi connectivity index (χ4n) is 2.06. The first-order chi connectivity index (χ1) is 9.24. The van der Waals surface area contributed by atoms with E-state index in [2.05, 4.69) is 9.97 Å². The fourth-order valence-corrected chi connectivity index (χ4v) is 2.06. The third kappa shape index (κ3) is 2.22. The third-order valence-electron chi connectivity index (χ3n) is 3.03. The highest BCUT2D eigenvalue weighted by Gasteiger charge is 2.10. The van der Waals surface area contributed by atoms with Crippen LogP contribution in [0.5, 0.6) is 0 Å². The molecule has 3 rings (SSSR count). The monoisotopic (exact) mass is 248 g/mol. The highest BCUT2D eigenvalue weighted by molar-refractivity contribution is 6.10. The highest BCUT2D eigenvalue weighted by atomic mass is 16.1. The van der Waals surface area contributed by atoms with Crippen molar-refractivity contribution in [3.05, 3.63) is 71.7 Å². The van der Waals surface area contributed by atoms with E-state index < -0.39 is 0 Å². The third-order valence-corrected chi connectivity index (χ3v) is 3.03. The van der Waals surface area contributed by atoms with Crippen molar-refractivity contribution in [2.45, 2.75) is 6.92 Å². The van der Waals surface area contributed by atoms with Crippen LogP contribution in [0.25, 0.3) is 10.9 Å². The first-order valence-corrected chi connectivity index (χ1v) is 6.06. The van der Waals surface area contributed by atoms with Gasteiger partial charge in [0.1, 0.15) is 0 Å². The maximum atomic E-state index is 12.4. The van der Waals surface area contributed by atoms with E-state index in [0.717, 1.165) is 16.6 Å². The van der Waals surface area contributed by atoms with E-state index in [1.165, 1.54) is 0 Å². The lowest BCUT2D eigenvalue weighted by Crippen LogP contribution is -2.02. The lowest BCUT2D eigenvalue weighted by atomic mass is 10.0. The average Bonchev–Trinajstić information content (AvgIpc) is 2.46. The maximum absolute atomic E-state index is 12.4. The second-order valence-electron chi connectivity index (χ2n) is 4.43. The van der Waals surface area contributed by atoms with Crippen LogP contribution in [-0.2, 0) is 0 Å². The molecule has 0 radical (unpaired) electrons. The molecule has 0 aliphatic rings. The van der Waals surface area contributed by atoms with Gasteiger partial charge in [0.25, 0.3) is 0 Å². The second-order valence-corrected chi connectivity index (χ2v) is 4.43. The van der Waals surface area contributed by atoms with Crippen molar-refractivity contribution in [3.63, 3.8) is 0 Å². The van der Waals surface area contributed by atoms with Gasteiger partial charge < -0.3 is 0 Å². The number of nitrogens with zero attached hydrogens (tertiary/aromatic N) is 2. The van der Waals surface area contributed by atoms with Gasteiger partial charge in [-0.05, 0) is 31.2 Å². The summed E-state index contributed by atoms with van der Waals surface area (Å²) < 4.78 is 0. The number of benzene rings is 1. The van der Waals surface area contributed by atoms with Crippen molar-refractivity contribution in [2.75, 3.05) is 0 Å². The first-order valence-electron chi connectivity index (χ1n) is 6.06. The van der Waals surface area contributed by atoms with Crippen LogP contribution in [0.15, 0.2) is 54.9 Å². The van der Waals surface area contributed by atoms with Crippen molar-refractivity contribution < 1.29 is 4.79 Å². The van der Waals surface area contributed by atoms with E-state index >= 15 is 0 Å². The quantitative estimate of drug-likeness (QED) is 0.654. The number of hydrogen-bond donors (Lipinski definition) is 0. The van der Waals surface area contributed by atoms with E-state index in [-0.39, 0.29) is 5.78 Å². The predicted molar refractivity (Wildman–Crippen MR) is 74.1 cm³/mol. The molecule has 1 aromatic carbocycles. The zero-order valence-corrected chi connectivity index (χ0v) is 10.5. The Hall–Kier alpha value is -2.55. The lowest BCUT2D eigenvalue weighted by molar-refractivity contribution is 0.103. The van der Waals surface area contributed by atoms with Crippen LogP contribution in [0.1, 0.15) is 21.6 Å². The molecule has 0 unspecified atom stereocenters. The molecule has 0 saturated heterocycles. The minimum absolute atomic E-state index is 0.00180.